The molecule has 6 heteroatoms. The Morgan fingerprint density at radius 2 is 2.16 bits per heavy atom. The van der Waals surface area contributed by atoms with E-state index in [0.29, 0.717) is 5.95 Å². The summed E-state index contributed by atoms with van der Waals surface area (Å²) in [6.07, 6.45) is 2.08. The summed E-state index contributed by atoms with van der Waals surface area (Å²) >= 11 is 0. The normalized spacial score (nSPS) is 14.3. The molecule has 2 rings (SSSR count). The second-order valence-corrected chi connectivity index (χ2v) is 5.08. The Morgan fingerprint density at radius 1 is 1.32 bits per heavy atom. The van der Waals surface area contributed by atoms with E-state index in [4.69, 9.17) is 0 Å². The predicted molar refractivity (Wildman–Crippen MR) is 78.7 cm³/mol. The lowest BCUT2D eigenvalue weighted by Crippen LogP contribution is -2.27. The average molecular weight is 264 g/mol. The third-order valence-corrected chi connectivity index (χ3v) is 3.23. The van der Waals surface area contributed by atoms with Crippen molar-refractivity contribution in [2.24, 2.45) is 0 Å². The summed E-state index contributed by atoms with van der Waals surface area (Å²) in [4.78, 5) is 11.3. The first-order valence-corrected chi connectivity index (χ1v) is 6.87. The highest BCUT2D eigenvalue weighted by molar-refractivity contribution is 5.51. The standard InChI is InChI=1S/C13H24N6/c1-14-13-17-11-5-7-15-9-10(11)12(18-13)16-6-4-8-19(2)3/h15H,4-9H2,1-3H3,(H2,14,16,17,18). The first-order chi connectivity index (χ1) is 9.20. The van der Waals surface area contributed by atoms with Gasteiger partial charge < -0.3 is 20.9 Å². The van der Waals surface area contributed by atoms with Gasteiger partial charge in [-0.2, -0.15) is 4.98 Å². The van der Waals surface area contributed by atoms with Crippen LogP contribution in [0, 0.1) is 0 Å². The van der Waals surface area contributed by atoms with Crippen LogP contribution >= 0.6 is 0 Å². The molecule has 1 aromatic heterocycles. The molecule has 0 aromatic carbocycles. The number of nitrogens with one attached hydrogen (secondary N) is 3. The third kappa shape index (κ3) is 3.78. The zero-order chi connectivity index (χ0) is 13.7. The van der Waals surface area contributed by atoms with Crippen molar-refractivity contribution in [1.29, 1.82) is 0 Å². The van der Waals surface area contributed by atoms with Gasteiger partial charge in [-0.15, -0.1) is 0 Å². The van der Waals surface area contributed by atoms with E-state index in [-0.39, 0.29) is 0 Å². The summed E-state index contributed by atoms with van der Waals surface area (Å²) in [5.41, 5.74) is 2.38. The van der Waals surface area contributed by atoms with Gasteiger partial charge in [0.2, 0.25) is 5.95 Å². The van der Waals surface area contributed by atoms with Crippen molar-refractivity contribution in [3.8, 4) is 0 Å². The quantitative estimate of drug-likeness (QED) is 0.651. The number of nitrogens with zero attached hydrogens (tertiary/aromatic N) is 3. The van der Waals surface area contributed by atoms with E-state index in [9.17, 15) is 0 Å². The fraction of sp³-hybridized carbons (Fsp3) is 0.692. The van der Waals surface area contributed by atoms with Crippen LogP contribution in [0.2, 0.25) is 0 Å². The van der Waals surface area contributed by atoms with Crippen LogP contribution < -0.4 is 16.0 Å². The lowest BCUT2D eigenvalue weighted by molar-refractivity contribution is 0.405. The first kappa shape index (κ1) is 14.0. The molecule has 19 heavy (non-hydrogen) atoms. The highest BCUT2D eigenvalue weighted by Crippen LogP contribution is 2.21. The third-order valence-electron chi connectivity index (χ3n) is 3.23. The van der Waals surface area contributed by atoms with Crippen LogP contribution in [0.1, 0.15) is 17.7 Å². The van der Waals surface area contributed by atoms with Gasteiger partial charge >= 0.3 is 0 Å². The van der Waals surface area contributed by atoms with Gasteiger partial charge in [0, 0.05) is 38.7 Å². The number of hydrogen-bond donors (Lipinski definition) is 3. The van der Waals surface area contributed by atoms with Crippen molar-refractivity contribution >= 4 is 11.8 Å². The van der Waals surface area contributed by atoms with Crippen molar-refractivity contribution < 1.29 is 0 Å². The molecule has 0 amide bonds. The summed E-state index contributed by atoms with van der Waals surface area (Å²) in [5, 5.41) is 9.86. The van der Waals surface area contributed by atoms with E-state index < -0.39 is 0 Å². The van der Waals surface area contributed by atoms with Crippen LogP contribution in [0.25, 0.3) is 0 Å². The predicted octanol–water partition coefficient (Wildman–Crippen LogP) is 0.528. The average Bonchev–Trinajstić information content (AvgIpc) is 2.42. The molecular formula is C13H24N6. The highest BCUT2D eigenvalue weighted by Gasteiger charge is 2.16. The van der Waals surface area contributed by atoms with Gasteiger partial charge in [-0.1, -0.05) is 0 Å². The maximum Gasteiger partial charge on any atom is 0.224 e. The fourth-order valence-corrected chi connectivity index (χ4v) is 2.20. The van der Waals surface area contributed by atoms with Gasteiger partial charge in [-0.05, 0) is 27.1 Å². The largest absolute Gasteiger partial charge is 0.370 e. The summed E-state index contributed by atoms with van der Waals surface area (Å²) in [7, 11) is 6.05. The summed E-state index contributed by atoms with van der Waals surface area (Å²) in [5.74, 6) is 1.68. The van der Waals surface area contributed by atoms with Crippen molar-refractivity contribution in [3.05, 3.63) is 11.3 Å². The topological polar surface area (TPSA) is 65.1 Å². The summed E-state index contributed by atoms with van der Waals surface area (Å²) < 4.78 is 0. The first-order valence-electron chi connectivity index (χ1n) is 6.87. The molecule has 0 atom stereocenters. The Hall–Kier alpha value is -1.40. The van der Waals surface area contributed by atoms with Crippen LogP contribution in [-0.2, 0) is 13.0 Å². The molecule has 0 aliphatic carbocycles. The molecule has 0 saturated heterocycles. The minimum Gasteiger partial charge on any atom is -0.370 e. The number of hydrogen-bond acceptors (Lipinski definition) is 6. The van der Waals surface area contributed by atoms with E-state index in [1.165, 1.54) is 5.56 Å². The second kappa shape index (κ2) is 6.68. The molecule has 0 fully saturated rings. The van der Waals surface area contributed by atoms with E-state index in [2.05, 4.69) is 44.9 Å². The van der Waals surface area contributed by atoms with Crippen molar-refractivity contribution in [2.75, 3.05) is 51.4 Å². The Kier molecular flexibility index (Phi) is 4.93. The zero-order valence-corrected chi connectivity index (χ0v) is 12.1. The van der Waals surface area contributed by atoms with Gasteiger partial charge in [-0.25, -0.2) is 4.98 Å². The van der Waals surface area contributed by atoms with Gasteiger partial charge in [0.05, 0.1) is 5.69 Å². The molecule has 0 unspecified atom stereocenters. The highest BCUT2D eigenvalue weighted by atomic mass is 15.1. The second-order valence-electron chi connectivity index (χ2n) is 5.08. The molecule has 3 N–H and O–H groups in total. The van der Waals surface area contributed by atoms with Crippen LogP contribution in [0.5, 0.6) is 0 Å². The van der Waals surface area contributed by atoms with Gasteiger partial charge in [0.1, 0.15) is 5.82 Å². The summed E-state index contributed by atoms with van der Waals surface area (Å²) in [6.45, 7) is 3.87. The van der Waals surface area contributed by atoms with E-state index in [0.717, 1.165) is 50.5 Å². The molecule has 1 aromatic rings. The fourth-order valence-electron chi connectivity index (χ4n) is 2.20. The minimum atomic E-state index is 0.704. The maximum atomic E-state index is 4.54. The van der Waals surface area contributed by atoms with Crippen LogP contribution in [0.4, 0.5) is 11.8 Å². The molecule has 1 aliphatic rings. The van der Waals surface area contributed by atoms with E-state index >= 15 is 0 Å². The van der Waals surface area contributed by atoms with E-state index in [1.54, 1.807) is 0 Å². The van der Waals surface area contributed by atoms with Crippen molar-refractivity contribution in [3.63, 3.8) is 0 Å². The number of fused-ring (bicyclic) bond motifs is 1. The Bertz CT molecular complexity index is 418. The van der Waals surface area contributed by atoms with Gasteiger partial charge in [-0.3, -0.25) is 0 Å². The lowest BCUT2D eigenvalue weighted by atomic mass is 10.1. The molecule has 0 spiro atoms. The number of aromatic nitrogens is 2. The number of rotatable bonds is 6. The van der Waals surface area contributed by atoms with Crippen LogP contribution in [-0.4, -0.2) is 55.6 Å². The smallest absolute Gasteiger partial charge is 0.224 e. The molecule has 0 radical (unpaired) electrons. The molecule has 106 valence electrons. The molecule has 0 bridgehead atoms. The van der Waals surface area contributed by atoms with Crippen molar-refractivity contribution in [2.45, 2.75) is 19.4 Å². The molecule has 6 nitrogen and oxygen atoms in total. The Balaban J connectivity index is 2.05. The SMILES string of the molecule is CNc1nc2c(c(NCCCN(C)C)n1)CNCC2. The minimum absolute atomic E-state index is 0.704. The van der Waals surface area contributed by atoms with Crippen LogP contribution in [0.3, 0.4) is 0 Å². The van der Waals surface area contributed by atoms with Gasteiger partial charge in [0.25, 0.3) is 0 Å². The van der Waals surface area contributed by atoms with Crippen LogP contribution in [0.15, 0.2) is 0 Å². The maximum absolute atomic E-state index is 4.54. The lowest BCUT2D eigenvalue weighted by Gasteiger charge is -2.20. The van der Waals surface area contributed by atoms with Crippen molar-refractivity contribution in [1.82, 2.24) is 20.2 Å². The van der Waals surface area contributed by atoms with Gasteiger partial charge in [0.15, 0.2) is 0 Å². The zero-order valence-electron chi connectivity index (χ0n) is 12.1. The molecule has 0 saturated carbocycles. The monoisotopic (exact) mass is 264 g/mol. The Morgan fingerprint density at radius 3 is 2.89 bits per heavy atom. The summed E-state index contributed by atoms with van der Waals surface area (Å²) in [6, 6.07) is 0. The molecular weight excluding hydrogens is 240 g/mol. The molecule has 2 heterocycles. The Labute approximate surface area is 115 Å². The van der Waals surface area contributed by atoms with E-state index in [1.807, 2.05) is 7.05 Å². The number of anilines is 2. The molecule has 1 aliphatic heterocycles.